The number of rotatable bonds is 7. The van der Waals surface area contributed by atoms with Gasteiger partial charge in [0.05, 0.1) is 0 Å². The highest BCUT2D eigenvalue weighted by atomic mass is 14.2. The summed E-state index contributed by atoms with van der Waals surface area (Å²) in [6.45, 7) is 11.7. The van der Waals surface area contributed by atoms with Crippen molar-refractivity contribution in [2.24, 2.45) is 17.8 Å². The molecule has 0 radical (unpaired) electrons. The minimum absolute atomic E-state index is 0.871. The van der Waals surface area contributed by atoms with Crippen molar-refractivity contribution in [3.8, 4) is 0 Å². The van der Waals surface area contributed by atoms with Gasteiger partial charge in [0.25, 0.3) is 0 Å². The molecule has 2 unspecified atom stereocenters. The summed E-state index contributed by atoms with van der Waals surface area (Å²) in [6, 6.07) is 0. The summed E-state index contributed by atoms with van der Waals surface area (Å²) < 4.78 is 0. The highest BCUT2D eigenvalue weighted by molar-refractivity contribution is 4.67. The van der Waals surface area contributed by atoms with Crippen LogP contribution in [0.2, 0.25) is 0 Å². The summed E-state index contributed by atoms with van der Waals surface area (Å²) in [5, 5.41) is 0. The molecule has 0 saturated heterocycles. The quantitative estimate of drug-likeness (QED) is 0.528. The molecular formula is C13H28. The Balaban J connectivity index is 3.87. The Kier molecular flexibility index (Phi) is 7.41. The average Bonchev–Trinajstić information content (AvgIpc) is 2.10. The van der Waals surface area contributed by atoms with Crippen LogP contribution in [0.5, 0.6) is 0 Å². The van der Waals surface area contributed by atoms with Crippen LogP contribution < -0.4 is 0 Å². The fourth-order valence-corrected chi connectivity index (χ4v) is 2.04. The van der Waals surface area contributed by atoms with Gasteiger partial charge < -0.3 is 0 Å². The second kappa shape index (κ2) is 7.41. The van der Waals surface area contributed by atoms with Gasteiger partial charge in [-0.15, -0.1) is 0 Å². The summed E-state index contributed by atoms with van der Waals surface area (Å²) in [4.78, 5) is 0. The van der Waals surface area contributed by atoms with Gasteiger partial charge in [0, 0.05) is 0 Å². The second-order valence-electron chi connectivity index (χ2n) is 4.92. The standard InChI is InChI=1S/C13H28/c1-6-8-9-13(10-11(3)4)12(5)7-2/h11-13H,6-10H2,1-5H3. The zero-order valence-corrected chi connectivity index (χ0v) is 10.3. The summed E-state index contributed by atoms with van der Waals surface area (Å²) in [5.74, 6) is 2.77. The van der Waals surface area contributed by atoms with Crippen LogP contribution in [0.4, 0.5) is 0 Å². The lowest BCUT2D eigenvalue weighted by molar-refractivity contribution is 0.269. The van der Waals surface area contributed by atoms with Crippen LogP contribution in [0.25, 0.3) is 0 Å². The third-order valence-corrected chi connectivity index (χ3v) is 3.15. The van der Waals surface area contributed by atoms with E-state index in [1.54, 1.807) is 0 Å². The summed E-state index contributed by atoms with van der Waals surface area (Å²) in [5.41, 5.74) is 0. The Morgan fingerprint density at radius 3 is 2.00 bits per heavy atom. The second-order valence-corrected chi connectivity index (χ2v) is 4.92. The van der Waals surface area contributed by atoms with E-state index in [1.165, 1.54) is 32.1 Å². The summed E-state index contributed by atoms with van der Waals surface area (Å²) >= 11 is 0. The zero-order valence-electron chi connectivity index (χ0n) is 10.3. The van der Waals surface area contributed by atoms with E-state index in [0.29, 0.717) is 0 Å². The molecule has 13 heavy (non-hydrogen) atoms. The van der Waals surface area contributed by atoms with Crippen molar-refractivity contribution in [3.63, 3.8) is 0 Å². The van der Waals surface area contributed by atoms with Gasteiger partial charge >= 0.3 is 0 Å². The van der Waals surface area contributed by atoms with Crippen molar-refractivity contribution in [3.05, 3.63) is 0 Å². The third kappa shape index (κ3) is 6.12. The minimum Gasteiger partial charge on any atom is -0.0654 e. The predicted octanol–water partition coefficient (Wildman–Crippen LogP) is 4.89. The Morgan fingerprint density at radius 1 is 1.00 bits per heavy atom. The molecular weight excluding hydrogens is 156 g/mol. The van der Waals surface area contributed by atoms with E-state index < -0.39 is 0 Å². The van der Waals surface area contributed by atoms with Crippen LogP contribution in [-0.4, -0.2) is 0 Å². The average molecular weight is 184 g/mol. The maximum Gasteiger partial charge on any atom is -0.0386 e. The van der Waals surface area contributed by atoms with E-state index in [9.17, 15) is 0 Å². The van der Waals surface area contributed by atoms with Gasteiger partial charge in [0.1, 0.15) is 0 Å². The first kappa shape index (κ1) is 13.0. The molecule has 0 aliphatic rings. The van der Waals surface area contributed by atoms with E-state index >= 15 is 0 Å². The van der Waals surface area contributed by atoms with E-state index in [0.717, 1.165) is 17.8 Å². The van der Waals surface area contributed by atoms with Crippen molar-refractivity contribution in [1.29, 1.82) is 0 Å². The van der Waals surface area contributed by atoms with E-state index in [2.05, 4.69) is 34.6 Å². The predicted molar refractivity (Wildman–Crippen MR) is 61.9 cm³/mol. The van der Waals surface area contributed by atoms with Crippen LogP contribution in [0.15, 0.2) is 0 Å². The Hall–Kier alpha value is 0. The molecule has 0 aliphatic carbocycles. The lowest BCUT2D eigenvalue weighted by Gasteiger charge is -2.24. The minimum atomic E-state index is 0.871. The molecule has 0 aliphatic heterocycles. The Labute approximate surface area is 85.1 Å². The first-order chi connectivity index (χ1) is 6.11. The van der Waals surface area contributed by atoms with Crippen LogP contribution in [-0.2, 0) is 0 Å². The maximum atomic E-state index is 2.42. The molecule has 0 heteroatoms. The maximum absolute atomic E-state index is 2.42. The Morgan fingerprint density at radius 2 is 1.62 bits per heavy atom. The van der Waals surface area contributed by atoms with Crippen molar-refractivity contribution >= 4 is 0 Å². The van der Waals surface area contributed by atoms with Gasteiger partial charge in [0.15, 0.2) is 0 Å². The largest absolute Gasteiger partial charge is 0.0654 e. The summed E-state index contributed by atoms with van der Waals surface area (Å²) in [7, 11) is 0. The summed E-state index contributed by atoms with van der Waals surface area (Å²) in [6.07, 6.45) is 6.99. The fourth-order valence-electron chi connectivity index (χ4n) is 2.04. The van der Waals surface area contributed by atoms with Crippen molar-refractivity contribution in [2.75, 3.05) is 0 Å². The van der Waals surface area contributed by atoms with Crippen LogP contribution in [0.1, 0.15) is 66.7 Å². The molecule has 0 bridgehead atoms. The van der Waals surface area contributed by atoms with Gasteiger partial charge in [-0.2, -0.15) is 0 Å². The molecule has 0 amide bonds. The van der Waals surface area contributed by atoms with Gasteiger partial charge in [-0.1, -0.05) is 60.3 Å². The van der Waals surface area contributed by atoms with Gasteiger partial charge in [0.2, 0.25) is 0 Å². The molecule has 0 aromatic rings. The molecule has 0 aromatic carbocycles. The number of hydrogen-bond donors (Lipinski definition) is 0. The van der Waals surface area contributed by atoms with Gasteiger partial charge in [-0.25, -0.2) is 0 Å². The monoisotopic (exact) mass is 184 g/mol. The van der Waals surface area contributed by atoms with Gasteiger partial charge in [-0.05, 0) is 24.2 Å². The van der Waals surface area contributed by atoms with E-state index in [-0.39, 0.29) is 0 Å². The molecule has 0 rings (SSSR count). The first-order valence-electron chi connectivity index (χ1n) is 6.11. The molecule has 0 N–H and O–H groups in total. The van der Waals surface area contributed by atoms with Crippen LogP contribution in [0, 0.1) is 17.8 Å². The van der Waals surface area contributed by atoms with E-state index in [4.69, 9.17) is 0 Å². The molecule has 0 heterocycles. The fraction of sp³-hybridized carbons (Fsp3) is 1.00. The first-order valence-corrected chi connectivity index (χ1v) is 6.11. The van der Waals surface area contributed by atoms with Gasteiger partial charge in [-0.3, -0.25) is 0 Å². The van der Waals surface area contributed by atoms with Crippen LogP contribution in [0.3, 0.4) is 0 Å². The Bertz CT molecular complexity index is 105. The highest BCUT2D eigenvalue weighted by Gasteiger charge is 2.16. The van der Waals surface area contributed by atoms with Crippen molar-refractivity contribution in [2.45, 2.75) is 66.7 Å². The SMILES string of the molecule is CCCCC(CC(C)C)C(C)CC. The molecule has 0 nitrogen and oxygen atoms in total. The normalized spacial score (nSPS) is 16.2. The van der Waals surface area contributed by atoms with Crippen molar-refractivity contribution in [1.82, 2.24) is 0 Å². The molecule has 0 aromatic heterocycles. The van der Waals surface area contributed by atoms with Crippen LogP contribution >= 0.6 is 0 Å². The highest BCUT2D eigenvalue weighted by Crippen LogP contribution is 2.27. The molecule has 80 valence electrons. The number of unbranched alkanes of at least 4 members (excludes halogenated alkanes) is 1. The lowest BCUT2D eigenvalue weighted by atomic mass is 9.82. The molecule has 0 fully saturated rings. The smallest absolute Gasteiger partial charge is 0.0386 e. The molecule has 0 saturated carbocycles. The molecule has 0 spiro atoms. The zero-order chi connectivity index (χ0) is 10.3. The topological polar surface area (TPSA) is 0 Å². The number of hydrogen-bond acceptors (Lipinski definition) is 0. The third-order valence-electron chi connectivity index (χ3n) is 3.15. The molecule has 2 atom stereocenters. The lowest BCUT2D eigenvalue weighted by Crippen LogP contribution is -2.13. The van der Waals surface area contributed by atoms with Crippen molar-refractivity contribution < 1.29 is 0 Å². The van der Waals surface area contributed by atoms with E-state index in [1.807, 2.05) is 0 Å².